The number of para-hydroxylation sites is 1. The minimum atomic E-state index is -4.54. The molecule has 3 aromatic carbocycles. The Morgan fingerprint density at radius 2 is 1.76 bits per heavy atom. The number of hydrogen-bond donors (Lipinski definition) is 1. The van der Waals surface area contributed by atoms with Crippen LogP contribution in [0.1, 0.15) is 37.7 Å². The van der Waals surface area contributed by atoms with E-state index in [1.54, 1.807) is 62.6 Å². The molecule has 0 bridgehead atoms. The largest absolute Gasteiger partial charge is 0.497 e. The van der Waals surface area contributed by atoms with Crippen LogP contribution in [0.2, 0.25) is 0 Å². The number of fused-ring (bicyclic) bond motifs is 1. The highest BCUT2D eigenvalue weighted by Gasteiger charge is 2.31. The van der Waals surface area contributed by atoms with Crippen molar-refractivity contribution in [1.29, 1.82) is 0 Å². The van der Waals surface area contributed by atoms with E-state index in [0.29, 0.717) is 34.6 Å². The van der Waals surface area contributed by atoms with E-state index in [1.807, 2.05) is 6.92 Å². The van der Waals surface area contributed by atoms with Crippen molar-refractivity contribution in [2.75, 3.05) is 19.0 Å². The van der Waals surface area contributed by atoms with E-state index in [2.05, 4.69) is 5.32 Å². The maximum absolute atomic E-state index is 13.7. The molecule has 1 atom stereocenters. The highest BCUT2D eigenvalue weighted by molar-refractivity contribution is 5.89. The number of aromatic nitrogens is 2. The Balaban J connectivity index is 1.80. The minimum Gasteiger partial charge on any atom is -0.497 e. The fraction of sp³-hybridized carbons (Fsp3) is 0.250. The van der Waals surface area contributed by atoms with Crippen LogP contribution in [-0.4, -0.2) is 34.1 Å². The van der Waals surface area contributed by atoms with Crippen LogP contribution >= 0.6 is 0 Å². The average Bonchev–Trinajstić information content (AvgIpc) is 2.91. The zero-order valence-corrected chi connectivity index (χ0v) is 21.1. The Bertz CT molecular complexity index is 1500. The van der Waals surface area contributed by atoms with Gasteiger partial charge in [0.15, 0.2) is 0 Å². The van der Waals surface area contributed by atoms with Crippen molar-refractivity contribution in [3.8, 4) is 11.4 Å². The molecule has 2 amide bonds. The van der Waals surface area contributed by atoms with E-state index >= 15 is 0 Å². The van der Waals surface area contributed by atoms with Gasteiger partial charge in [-0.2, -0.15) is 13.2 Å². The zero-order chi connectivity index (χ0) is 27.4. The van der Waals surface area contributed by atoms with Crippen molar-refractivity contribution < 1.29 is 22.7 Å². The van der Waals surface area contributed by atoms with Gasteiger partial charge in [0.05, 0.1) is 35.3 Å². The van der Waals surface area contributed by atoms with E-state index in [0.717, 1.165) is 12.1 Å². The Hall–Kier alpha value is -4.34. The number of amides is 2. The first kappa shape index (κ1) is 26.7. The topological polar surface area (TPSA) is 76.5 Å². The number of carbonyl (C=O) groups is 1. The number of benzene rings is 3. The Labute approximate surface area is 217 Å². The SMILES string of the molecule is CCC(c1nc2ccccc2c(=O)n1-c1ccc(OC)cc1)N(CC)C(=O)Nc1cccc(C(F)(F)F)c1. The molecule has 0 saturated carbocycles. The van der Waals surface area contributed by atoms with Gasteiger partial charge < -0.3 is 15.0 Å². The van der Waals surface area contributed by atoms with Gasteiger partial charge in [-0.25, -0.2) is 9.78 Å². The molecular weight excluding hydrogens is 497 g/mol. The lowest BCUT2D eigenvalue weighted by atomic mass is 10.1. The van der Waals surface area contributed by atoms with E-state index in [-0.39, 0.29) is 17.8 Å². The summed E-state index contributed by atoms with van der Waals surface area (Å²) in [5.74, 6) is 0.946. The van der Waals surface area contributed by atoms with Gasteiger partial charge in [-0.1, -0.05) is 25.1 Å². The predicted octanol–water partition coefficient (Wildman–Crippen LogP) is 6.42. The summed E-state index contributed by atoms with van der Waals surface area (Å²) in [5.41, 5.74) is -0.141. The van der Waals surface area contributed by atoms with Gasteiger partial charge in [0, 0.05) is 12.2 Å². The van der Waals surface area contributed by atoms with Crippen molar-refractivity contribution >= 4 is 22.6 Å². The first-order chi connectivity index (χ1) is 18.2. The summed E-state index contributed by atoms with van der Waals surface area (Å²) in [6.07, 6.45) is -4.15. The first-order valence-corrected chi connectivity index (χ1v) is 12.1. The third-order valence-electron chi connectivity index (χ3n) is 6.24. The second kappa shape index (κ2) is 11.0. The second-order valence-electron chi connectivity index (χ2n) is 8.54. The van der Waals surface area contributed by atoms with E-state index in [4.69, 9.17) is 9.72 Å². The number of anilines is 1. The van der Waals surface area contributed by atoms with Crippen molar-refractivity contribution in [2.24, 2.45) is 0 Å². The van der Waals surface area contributed by atoms with Crippen LogP contribution in [-0.2, 0) is 6.18 Å². The van der Waals surface area contributed by atoms with Gasteiger partial charge in [0.2, 0.25) is 0 Å². The first-order valence-electron chi connectivity index (χ1n) is 12.1. The molecule has 0 fully saturated rings. The van der Waals surface area contributed by atoms with Crippen molar-refractivity contribution in [2.45, 2.75) is 32.5 Å². The molecule has 10 heteroatoms. The smallest absolute Gasteiger partial charge is 0.416 e. The van der Waals surface area contributed by atoms with Crippen molar-refractivity contribution in [1.82, 2.24) is 14.5 Å². The summed E-state index contributed by atoms with van der Waals surface area (Å²) in [4.78, 5) is 33.3. The molecule has 0 aliphatic heterocycles. The lowest BCUT2D eigenvalue weighted by molar-refractivity contribution is -0.137. The summed E-state index contributed by atoms with van der Waals surface area (Å²) in [7, 11) is 1.54. The standard InChI is InChI=1S/C28H27F3N4O3/c1-4-24(34(5-2)27(37)32-19-10-8-9-18(17-19)28(29,30)31)25-33-23-12-7-6-11-22(23)26(36)35(25)20-13-15-21(38-3)16-14-20/h6-17,24H,4-5H2,1-3H3,(H,32,37). The summed E-state index contributed by atoms with van der Waals surface area (Å²) in [5, 5.41) is 2.99. The monoisotopic (exact) mass is 524 g/mol. The molecule has 0 radical (unpaired) electrons. The molecule has 0 aliphatic carbocycles. The van der Waals surface area contributed by atoms with Gasteiger partial charge in [-0.3, -0.25) is 9.36 Å². The number of carbonyl (C=O) groups excluding carboxylic acids is 1. The summed E-state index contributed by atoms with van der Waals surface area (Å²) in [6.45, 7) is 3.82. The molecule has 4 rings (SSSR count). The average molecular weight is 525 g/mol. The lowest BCUT2D eigenvalue weighted by Gasteiger charge is -2.31. The number of hydrogen-bond acceptors (Lipinski definition) is 4. The Morgan fingerprint density at radius 1 is 1.05 bits per heavy atom. The third kappa shape index (κ3) is 5.34. The van der Waals surface area contributed by atoms with Crippen LogP contribution in [0.3, 0.4) is 0 Å². The summed E-state index contributed by atoms with van der Waals surface area (Å²) < 4.78 is 46.3. The fourth-order valence-corrected chi connectivity index (χ4v) is 4.37. The van der Waals surface area contributed by atoms with E-state index in [1.165, 1.54) is 21.6 Å². The number of urea groups is 1. The van der Waals surface area contributed by atoms with Gasteiger partial charge >= 0.3 is 12.2 Å². The van der Waals surface area contributed by atoms with E-state index in [9.17, 15) is 22.8 Å². The lowest BCUT2D eigenvalue weighted by Crippen LogP contribution is -2.40. The summed E-state index contributed by atoms with van der Waals surface area (Å²) in [6, 6.07) is 17.0. The predicted molar refractivity (Wildman–Crippen MR) is 140 cm³/mol. The van der Waals surface area contributed by atoms with E-state index < -0.39 is 23.8 Å². The number of rotatable bonds is 7. The molecule has 1 unspecified atom stereocenters. The Morgan fingerprint density at radius 3 is 2.39 bits per heavy atom. The zero-order valence-electron chi connectivity index (χ0n) is 21.1. The van der Waals surface area contributed by atoms with Crippen LogP contribution in [0.5, 0.6) is 5.75 Å². The normalized spacial score (nSPS) is 12.3. The minimum absolute atomic E-state index is 0.0112. The number of methoxy groups -OCH3 is 1. The fourth-order valence-electron chi connectivity index (χ4n) is 4.37. The molecule has 1 heterocycles. The number of halogens is 3. The number of alkyl halides is 3. The molecule has 7 nitrogen and oxygen atoms in total. The molecule has 1 N–H and O–H groups in total. The van der Waals surface area contributed by atoms with Gasteiger partial charge in [-0.05, 0) is 67.9 Å². The van der Waals surface area contributed by atoms with Crippen molar-refractivity contribution in [3.05, 3.63) is 94.5 Å². The molecule has 198 valence electrons. The van der Waals surface area contributed by atoms with Crippen LogP contribution in [0.25, 0.3) is 16.6 Å². The van der Waals surface area contributed by atoms with Crippen LogP contribution in [0.4, 0.5) is 23.7 Å². The van der Waals surface area contributed by atoms with Crippen molar-refractivity contribution in [3.63, 3.8) is 0 Å². The van der Waals surface area contributed by atoms with Gasteiger partial charge in [0.25, 0.3) is 5.56 Å². The number of nitrogens with zero attached hydrogens (tertiary/aromatic N) is 3. The third-order valence-corrected chi connectivity index (χ3v) is 6.24. The molecule has 0 spiro atoms. The van der Waals surface area contributed by atoms with Crippen LogP contribution in [0, 0.1) is 0 Å². The maximum atomic E-state index is 13.7. The van der Waals surface area contributed by atoms with Crippen LogP contribution < -0.4 is 15.6 Å². The molecule has 0 aliphatic rings. The highest BCUT2D eigenvalue weighted by atomic mass is 19.4. The van der Waals surface area contributed by atoms with Crippen LogP contribution in [0.15, 0.2) is 77.6 Å². The number of ether oxygens (including phenoxy) is 1. The second-order valence-corrected chi connectivity index (χ2v) is 8.54. The molecule has 1 aromatic heterocycles. The molecule has 0 saturated heterocycles. The Kier molecular flexibility index (Phi) is 7.70. The maximum Gasteiger partial charge on any atom is 0.416 e. The highest BCUT2D eigenvalue weighted by Crippen LogP contribution is 2.31. The molecular formula is C28H27F3N4O3. The summed E-state index contributed by atoms with van der Waals surface area (Å²) >= 11 is 0. The quantitative estimate of drug-likeness (QED) is 0.303. The van der Waals surface area contributed by atoms with Gasteiger partial charge in [0.1, 0.15) is 11.6 Å². The number of nitrogens with one attached hydrogen (secondary N) is 1. The van der Waals surface area contributed by atoms with Gasteiger partial charge in [-0.15, -0.1) is 0 Å². The molecule has 4 aromatic rings. The molecule has 38 heavy (non-hydrogen) atoms.